The fourth-order valence-corrected chi connectivity index (χ4v) is 0.963. The van der Waals surface area contributed by atoms with Gasteiger partial charge in [0.1, 0.15) is 18.9 Å². The van der Waals surface area contributed by atoms with E-state index in [9.17, 15) is 0 Å². The van der Waals surface area contributed by atoms with E-state index in [1.807, 2.05) is 34.9 Å². The highest BCUT2D eigenvalue weighted by Gasteiger charge is 2.00. The second kappa shape index (κ2) is 4.23. The van der Waals surface area contributed by atoms with Gasteiger partial charge in [0, 0.05) is 0 Å². The molecule has 1 aromatic heterocycles. The van der Waals surface area contributed by atoms with Crippen molar-refractivity contribution in [1.82, 2.24) is 4.57 Å². The van der Waals surface area contributed by atoms with Crippen LogP contribution in [0, 0.1) is 0 Å². The molecule has 1 rings (SSSR count). The molecule has 0 aliphatic heterocycles. The highest BCUT2D eigenvalue weighted by Crippen LogP contribution is 1.88. The summed E-state index contributed by atoms with van der Waals surface area (Å²) in [7, 11) is 1.96. The molecule has 0 bridgehead atoms. The first-order valence-corrected chi connectivity index (χ1v) is 3.99. The smallest absolute Gasteiger partial charge is 0.243 e. The average molecular weight is 171 g/mol. The van der Waals surface area contributed by atoms with Crippen LogP contribution in [0.15, 0.2) is 18.7 Å². The molecule has 0 fully saturated rings. The Kier molecular flexibility index (Phi) is 3.25. The first kappa shape index (κ1) is 9.22. The molecule has 4 nitrogen and oxygen atoms in total. The summed E-state index contributed by atoms with van der Waals surface area (Å²) in [6.07, 6.45) is 5.22. The third-order valence-corrected chi connectivity index (χ3v) is 1.53. The second-order valence-electron chi connectivity index (χ2n) is 2.79. The van der Waals surface area contributed by atoms with Crippen LogP contribution in [0.2, 0.25) is 0 Å². The van der Waals surface area contributed by atoms with E-state index >= 15 is 0 Å². The van der Waals surface area contributed by atoms with Crippen LogP contribution in [0.4, 0.5) is 0 Å². The molecule has 0 saturated carbocycles. The predicted molar refractivity (Wildman–Crippen MR) is 43.2 cm³/mol. The van der Waals surface area contributed by atoms with E-state index in [2.05, 4.69) is 0 Å². The minimum Gasteiger partial charge on any atom is -0.368 e. The highest BCUT2D eigenvalue weighted by molar-refractivity contribution is 4.65. The fraction of sp³-hybridized carbons (Fsp3) is 0.625. The van der Waals surface area contributed by atoms with Gasteiger partial charge in [0.25, 0.3) is 0 Å². The maximum atomic E-state index is 8.80. The van der Waals surface area contributed by atoms with Crippen molar-refractivity contribution < 1.29 is 14.4 Å². The Bertz CT molecular complexity index is 233. The van der Waals surface area contributed by atoms with Gasteiger partial charge in [0.05, 0.1) is 13.7 Å². The minimum atomic E-state index is -0.672. The Morgan fingerprint density at radius 3 is 2.92 bits per heavy atom. The van der Waals surface area contributed by atoms with Gasteiger partial charge in [0.15, 0.2) is 6.29 Å². The zero-order valence-electron chi connectivity index (χ0n) is 7.47. The zero-order chi connectivity index (χ0) is 8.97. The van der Waals surface area contributed by atoms with E-state index in [-0.39, 0.29) is 0 Å². The van der Waals surface area contributed by atoms with Crippen LogP contribution in [-0.4, -0.2) is 22.6 Å². The van der Waals surface area contributed by atoms with Crippen LogP contribution in [0.3, 0.4) is 0 Å². The first-order valence-electron chi connectivity index (χ1n) is 3.99. The summed E-state index contributed by atoms with van der Waals surface area (Å²) in [5.74, 6) is 0. The van der Waals surface area contributed by atoms with E-state index in [1.165, 1.54) is 0 Å². The van der Waals surface area contributed by atoms with E-state index in [4.69, 9.17) is 9.84 Å². The number of aromatic nitrogens is 2. The molecule has 0 saturated heterocycles. The normalized spacial score (nSPS) is 13.2. The number of aryl methyl sites for hydroxylation is 1. The van der Waals surface area contributed by atoms with Crippen molar-refractivity contribution in [3.63, 3.8) is 0 Å². The number of aliphatic hydroxyl groups excluding tert-OH is 1. The summed E-state index contributed by atoms with van der Waals surface area (Å²) in [4.78, 5) is 0. The molecule has 12 heavy (non-hydrogen) atoms. The number of nitrogens with zero attached hydrogens (tertiary/aromatic N) is 2. The lowest BCUT2D eigenvalue weighted by atomic mass is 10.6. The summed E-state index contributed by atoms with van der Waals surface area (Å²) in [5.41, 5.74) is 0. The quantitative estimate of drug-likeness (QED) is 0.497. The topological polar surface area (TPSA) is 38.3 Å². The van der Waals surface area contributed by atoms with Crippen molar-refractivity contribution >= 4 is 0 Å². The van der Waals surface area contributed by atoms with Crippen molar-refractivity contribution in [1.29, 1.82) is 0 Å². The second-order valence-corrected chi connectivity index (χ2v) is 2.79. The van der Waals surface area contributed by atoms with Crippen LogP contribution in [0.1, 0.15) is 6.92 Å². The Labute approximate surface area is 72.0 Å². The van der Waals surface area contributed by atoms with Gasteiger partial charge in [-0.2, -0.15) is 0 Å². The largest absolute Gasteiger partial charge is 0.368 e. The Hall–Kier alpha value is -0.870. The Morgan fingerprint density at radius 1 is 1.67 bits per heavy atom. The van der Waals surface area contributed by atoms with Gasteiger partial charge in [0.2, 0.25) is 6.33 Å². The molecule has 0 radical (unpaired) electrons. The molecule has 0 aromatic carbocycles. The van der Waals surface area contributed by atoms with Gasteiger partial charge in [-0.1, -0.05) is 0 Å². The summed E-state index contributed by atoms with van der Waals surface area (Å²) < 4.78 is 8.94. The third kappa shape index (κ3) is 3.02. The lowest BCUT2D eigenvalue weighted by Gasteiger charge is -2.03. The van der Waals surface area contributed by atoms with Crippen molar-refractivity contribution in [3.8, 4) is 0 Å². The molecule has 68 valence electrons. The Balaban J connectivity index is 2.24. The van der Waals surface area contributed by atoms with Crippen molar-refractivity contribution in [2.45, 2.75) is 19.8 Å². The molecule has 0 aliphatic rings. The van der Waals surface area contributed by atoms with Gasteiger partial charge < -0.3 is 9.84 Å². The van der Waals surface area contributed by atoms with Gasteiger partial charge in [-0.3, -0.25) is 0 Å². The standard InChI is InChI=1S/C8H15N2O2/c1-8(11)12-6-5-10-4-3-9(2)7-10/h3-4,7-8,11H,5-6H2,1-2H3/q+1. The van der Waals surface area contributed by atoms with Crippen molar-refractivity contribution in [3.05, 3.63) is 18.7 Å². The monoisotopic (exact) mass is 171 g/mol. The van der Waals surface area contributed by atoms with Crippen LogP contribution in [-0.2, 0) is 18.3 Å². The third-order valence-electron chi connectivity index (χ3n) is 1.53. The summed E-state index contributed by atoms with van der Waals surface area (Å²) in [6, 6.07) is 0. The molecule has 0 amide bonds. The van der Waals surface area contributed by atoms with E-state index in [0.29, 0.717) is 6.61 Å². The van der Waals surface area contributed by atoms with E-state index < -0.39 is 6.29 Å². The average Bonchev–Trinajstić information content (AvgIpc) is 2.35. The first-order chi connectivity index (χ1) is 5.68. The SMILES string of the molecule is CC(O)OCCn1cc[n+](C)c1. The fourth-order valence-electron chi connectivity index (χ4n) is 0.963. The van der Waals surface area contributed by atoms with Crippen molar-refractivity contribution in [2.24, 2.45) is 7.05 Å². The summed E-state index contributed by atoms with van der Waals surface area (Å²) in [5, 5.41) is 8.80. The molecule has 0 spiro atoms. The number of hydrogen-bond donors (Lipinski definition) is 1. The van der Waals surface area contributed by atoms with Crippen molar-refractivity contribution in [2.75, 3.05) is 6.61 Å². The molecule has 4 heteroatoms. The molecule has 1 unspecified atom stereocenters. The maximum Gasteiger partial charge on any atom is 0.243 e. The molecular formula is C8H15N2O2+. The number of ether oxygens (including phenoxy) is 1. The van der Waals surface area contributed by atoms with Gasteiger partial charge >= 0.3 is 0 Å². The van der Waals surface area contributed by atoms with Crippen LogP contribution >= 0.6 is 0 Å². The van der Waals surface area contributed by atoms with E-state index in [1.54, 1.807) is 6.92 Å². The number of hydrogen-bond acceptors (Lipinski definition) is 2. The predicted octanol–water partition coefficient (Wildman–Crippen LogP) is -0.333. The van der Waals surface area contributed by atoms with Crippen LogP contribution in [0.5, 0.6) is 0 Å². The lowest BCUT2D eigenvalue weighted by Crippen LogP contribution is -2.24. The zero-order valence-corrected chi connectivity index (χ0v) is 7.47. The Morgan fingerprint density at radius 2 is 2.42 bits per heavy atom. The number of imidazole rings is 1. The van der Waals surface area contributed by atoms with Gasteiger partial charge in [-0.15, -0.1) is 0 Å². The molecule has 0 aliphatic carbocycles. The summed E-state index contributed by atoms with van der Waals surface area (Å²) in [6.45, 7) is 2.91. The maximum absolute atomic E-state index is 8.80. The summed E-state index contributed by atoms with van der Waals surface area (Å²) >= 11 is 0. The van der Waals surface area contributed by atoms with Gasteiger partial charge in [-0.25, -0.2) is 9.13 Å². The molecule has 1 heterocycles. The molecule has 1 atom stereocenters. The molecular weight excluding hydrogens is 156 g/mol. The van der Waals surface area contributed by atoms with Gasteiger partial charge in [-0.05, 0) is 6.92 Å². The highest BCUT2D eigenvalue weighted by atomic mass is 16.6. The lowest BCUT2D eigenvalue weighted by molar-refractivity contribution is -0.671. The van der Waals surface area contributed by atoms with Crippen LogP contribution in [0.25, 0.3) is 0 Å². The minimum absolute atomic E-state index is 0.534. The van der Waals surface area contributed by atoms with E-state index in [0.717, 1.165) is 6.54 Å². The van der Waals surface area contributed by atoms with Crippen LogP contribution < -0.4 is 4.57 Å². The number of aliphatic hydroxyl groups is 1. The molecule has 1 aromatic rings. The molecule has 1 N–H and O–H groups in total. The number of rotatable bonds is 4.